The molecule has 214 valence electrons. The standard InChI is InChI=1S/C26H28N2Si.C13H13B/c1-2-3-11-22-12-10-17-25(20-22)29-26(28-19-18-27-21-28,23-13-6-4-7-14-23)24-15-8-5-9-16-24;1-14(12-8-4-2-5-9-12)13-10-6-3-7-11-13/h4-10,12-21H,2-3,11,29H2,1H3;2-11H,1H3. The maximum absolute atomic E-state index is 4.42. The van der Waals surface area contributed by atoms with Gasteiger partial charge in [-0.1, -0.05) is 182 Å². The van der Waals surface area contributed by atoms with Crippen LogP contribution in [-0.4, -0.2) is 25.8 Å². The van der Waals surface area contributed by atoms with Gasteiger partial charge in [-0.3, -0.25) is 0 Å². The molecule has 43 heavy (non-hydrogen) atoms. The third-order valence-corrected chi connectivity index (χ3v) is 10.9. The minimum absolute atomic E-state index is 0.206. The lowest BCUT2D eigenvalue weighted by Gasteiger charge is -2.37. The Bertz CT molecular complexity index is 1540. The molecule has 0 saturated heterocycles. The van der Waals surface area contributed by atoms with Crippen LogP contribution in [0.3, 0.4) is 0 Å². The lowest BCUT2D eigenvalue weighted by molar-refractivity contribution is 0.596. The lowest BCUT2D eigenvalue weighted by atomic mass is 9.43. The predicted octanol–water partition coefficient (Wildman–Crippen LogP) is 6.39. The van der Waals surface area contributed by atoms with E-state index in [9.17, 15) is 0 Å². The SMILES string of the molecule is CB(c1ccccc1)c1ccccc1.CCCCc1cccc([SiH2]C(c2ccccc2)(c2ccccc2)n2ccnc2)c1. The maximum atomic E-state index is 4.42. The molecule has 0 amide bonds. The Hall–Kier alpha value is -4.41. The van der Waals surface area contributed by atoms with Crippen molar-refractivity contribution in [1.29, 1.82) is 0 Å². The number of hydrogen-bond donors (Lipinski definition) is 0. The molecule has 0 unspecified atom stereocenters. The summed E-state index contributed by atoms with van der Waals surface area (Å²) in [6.07, 6.45) is 9.63. The second-order valence-electron chi connectivity index (χ2n) is 11.2. The Kier molecular flexibility index (Phi) is 10.6. The summed E-state index contributed by atoms with van der Waals surface area (Å²) in [4.78, 5) is 4.42. The van der Waals surface area contributed by atoms with Crippen LogP contribution in [-0.2, 0) is 11.6 Å². The molecule has 6 rings (SSSR count). The van der Waals surface area contributed by atoms with Crippen LogP contribution in [0.4, 0.5) is 0 Å². The quantitative estimate of drug-likeness (QED) is 0.173. The molecule has 1 heterocycles. The molecular formula is C39H41BN2Si. The Morgan fingerprint density at radius 2 is 1.21 bits per heavy atom. The Morgan fingerprint density at radius 1 is 0.674 bits per heavy atom. The summed E-state index contributed by atoms with van der Waals surface area (Å²) in [7, 11) is -0.791. The van der Waals surface area contributed by atoms with Crippen molar-refractivity contribution in [2.24, 2.45) is 0 Å². The van der Waals surface area contributed by atoms with Crippen LogP contribution in [0.5, 0.6) is 0 Å². The Morgan fingerprint density at radius 3 is 1.70 bits per heavy atom. The molecule has 6 aromatic rings. The van der Waals surface area contributed by atoms with Gasteiger partial charge in [-0.2, -0.15) is 0 Å². The van der Waals surface area contributed by atoms with Crippen molar-refractivity contribution in [3.8, 4) is 0 Å². The number of benzene rings is 5. The summed E-state index contributed by atoms with van der Waals surface area (Å²) in [5, 5.41) is 1.28. The van der Waals surface area contributed by atoms with Crippen LogP contribution in [0.15, 0.2) is 164 Å². The average molecular weight is 577 g/mol. The molecule has 0 fully saturated rings. The van der Waals surface area contributed by atoms with Gasteiger partial charge in [0.2, 0.25) is 6.71 Å². The highest BCUT2D eigenvalue weighted by Gasteiger charge is 2.36. The summed E-state index contributed by atoms with van der Waals surface area (Å²) in [5.41, 5.74) is 6.86. The second kappa shape index (κ2) is 15.2. The molecule has 5 aromatic carbocycles. The fourth-order valence-electron chi connectivity index (χ4n) is 5.92. The second-order valence-corrected chi connectivity index (χ2v) is 13.4. The third kappa shape index (κ3) is 7.52. The average Bonchev–Trinajstić information content (AvgIpc) is 3.64. The molecule has 0 aliphatic heterocycles. The van der Waals surface area contributed by atoms with Crippen LogP contribution < -0.4 is 16.1 Å². The van der Waals surface area contributed by atoms with Gasteiger partial charge in [0, 0.05) is 12.4 Å². The topological polar surface area (TPSA) is 17.8 Å². The number of aryl methyl sites for hydroxylation is 1. The van der Waals surface area contributed by atoms with E-state index in [0.717, 1.165) is 6.42 Å². The smallest absolute Gasteiger partial charge is 0.206 e. The van der Waals surface area contributed by atoms with E-state index in [0.29, 0.717) is 6.71 Å². The van der Waals surface area contributed by atoms with Crippen molar-refractivity contribution in [1.82, 2.24) is 9.55 Å². The summed E-state index contributed by atoms with van der Waals surface area (Å²) in [5.74, 6) is 0. The van der Waals surface area contributed by atoms with E-state index < -0.39 is 9.52 Å². The third-order valence-electron chi connectivity index (χ3n) is 8.32. The molecule has 0 spiro atoms. The number of unbranched alkanes of at least 4 members (excludes halogenated alkanes) is 1. The molecule has 0 bridgehead atoms. The minimum Gasteiger partial charge on any atom is -0.326 e. The zero-order chi connectivity index (χ0) is 29.7. The number of rotatable bonds is 10. The molecule has 0 aliphatic rings. The highest BCUT2D eigenvalue weighted by Crippen LogP contribution is 2.33. The number of hydrogen-bond acceptors (Lipinski definition) is 1. The molecule has 0 atom stereocenters. The number of nitrogens with zero attached hydrogens (tertiary/aromatic N) is 2. The van der Waals surface area contributed by atoms with Gasteiger partial charge in [-0.05, 0) is 29.5 Å². The van der Waals surface area contributed by atoms with E-state index in [4.69, 9.17) is 0 Å². The van der Waals surface area contributed by atoms with E-state index in [2.05, 4.69) is 175 Å². The van der Waals surface area contributed by atoms with Crippen molar-refractivity contribution < 1.29 is 0 Å². The van der Waals surface area contributed by atoms with Crippen molar-refractivity contribution in [3.63, 3.8) is 0 Å². The largest absolute Gasteiger partial charge is 0.326 e. The van der Waals surface area contributed by atoms with Gasteiger partial charge in [0.1, 0.15) is 0 Å². The van der Waals surface area contributed by atoms with Gasteiger partial charge in [-0.15, -0.1) is 0 Å². The van der Waals surface area contributed by atoms with E-state index in [-0.39, 0.29) is 5.16 Å². The van der Waals surface area contributed by atoms with Crippen molar-refractivity contribution >= 4 is 32.3 Å². The first kappa shape index (κ1) is 30.1. The maximum Gasteiger partial charge on any atom is 0.206 e. The van der Waals surface area contributed by atoms with Crippen LogP contribution in [0.1, 0.15) is 36.5 Å². The van der Waals surface area contributed by atoms with Gasteiger partial charge >= 0.3 is 0 Å². The summed E-state index contributed by atoms with van der Waals surface area (Å²) < 4.78 is 2.32. The highest BCUT2D eigenvalue weighted by molar-refractivity contribution is 6.84. The van der Waals surface area contributed by atoms with Gasteiger partial charge in [0.05, 0.1) is 21.0 Å². The predicted molar refractivity (Wildman–Crippen MR) is 188 cm³/mol. The van der Waals surface area contributed by atoms with Gasteiger partial charge in [-0.25, -0.2) is 4.98 Å². The van der Waals surface area contributed by atoms with E-state index >= 15 is 0 Å². The van der Waals surface area contributed by atoms with Crippen LogP contribution in [0.2, 0.25) is 6.82 Å². The lowest BCUT2D eigenvalue weighted by Crippen LogP contribution is -2.46. The van der Waals surface area contributed by atoms with E-state index in [1.54, 1.807) is 0 Å². The van der Waals surface area contributed by atoms with Crippen LogP contribution >= 0.6 is 0 Å². The number of aromatic nitrogens is 2. The fourth-order valence-corrected chi connectivity index (χ4v) is 8.38. The molecule has 0 aliphatic carbocycles. The normalized spacial score (nSPS) is 11.2. The minimum atomic E-state index is -0.791. The molecule has 2 nitrogen and oxygen atoms in total. The fraction of sp³-hybridized carbons (Fsp3) is 0.154. The molecule has 0 saturated carbocycles. The van der Waals surface area contributed by atoms with Gasteiger partial charge < -0.3 is 4.57 Å². The first-order valence-corrected chi connectivity index (χ1v) is 16.9. The first-order valence-electron chi connectivity index (χ1n) is 15.5. The zero-order valence-corrected chi connectivity index (χ0v) is 26.8. The zero-order valence-electron chi connectivity index (χ0n) is 25.4. The van der Waals surface area contributed by atoms with E-state index in [1.165, 1.54) is 45.6 Å². The van der Waals surface area contributed by atoms with Gasteiger partial charge in [0.25, 0.3) is 0 Å². The van der Waals surface area contributed by atoms with Crippen molar-refractivity contribution in [2.45, 2.75) is 38.2 Å². The molecule has 1 aromatic heterocycles. The van der Waals surface area contributed by atoms with E-state index in [1.807, 2.05) is 12.5 Å². The van der Waals surface area contributed by atoms with Crippen molar-refractivity contribution in [2.75, 3.05) is 0 Å². The van der Waals surface area contributed by atoms with Gasteiger partial charge in [0.15, 0.2) is 0 Å². The highest BCUT2D eigenvalue weighted by atomic mass is 28.2. The Balaban J connectivity index is 0.000000220. The molecular weight excluding hydrogens is 535 g/mol. The molecule has 0 radical (unpaired) electrons. The first-order chi connectivity index (χ1) is 21.2. The monoisotopic (exact) mass is 576 g/mol. The summed E-state index contributed by atoms with van der Waals surface area (Å²) >= 11 is 0. The summed E-state index contributed by atoms with van der Waals surface area (Å²) in [6.45, 7) is 4.98. The molecule has 4 heteroatoms. The van der Waals surface area contributed by atoms with Crippen molar-refractivity contribution in [3.05, 3.63) is 181 Å². The molecule has 0 N–H and O–H groups in total. The van der Waals surface area contributed by atoms with Crippen LogP contribution in [0, 0.1) is 0 Å². The summed E-state index contributed by atoms with van der Waals surface area (Å²) in [6, 6.07) is 52.3. The Labute approximate surface area is 260 Å². The number of imidazole rings is 1. The van der Waals surface area contributed by atoms with Crippen LogP contribution in [0.25, 0.3) is 0 Å².